The second-order valence-corrected chi connectivity index (χ2v) is 7.89. The lowest BCUT2D eigenvalue weighted by Crippen LogP contribution is -2.37. The van der Waals surface area contributed by atoms with E-state index in [4.69, 9.17) is 5.41 Å². The van der Waals surface area contributed by atoms with Crippen LogP contribution in [0.3, 0.4) is 0 Å². The van der Waals surface area contributed by atoms with Gasteiger partial charge in [0.1, 0.15) is 0 Å². The van der Waals surface area contributed by atoms with Gasteiger partial charge in [-0.15, -0.1) is 0 Å². The molecule has 0 aliphatic carbocycles. The van der Waals surface area contributed by atoms with Crippen LogP contribution < -0.4 is 10.2 Å². The molecule has 0 bridgehead atoms. The van der Waals surface area contributed by atoms with Crippen molar-refractivity contribution in [2.75, 3.05) is 23.3 Å². The molecule has 4 nitrogen and oxygen atoms in total. The number of piperidine rings is 1. The molecule has 6 heteroatoms. The topological polar surface area (TPSA) is 59.4 Å². The fourth-order valence-electron chi connectivity index (χ4n) is 3.30. The van der Waals surface area contributed by atoms with Crippen LogP contribution in [0.5, 0.6) is 5.75 Å². The minimum atomic E-state index is -1.10. The summed E-state index contributed by atoms with van der Waals surface area (Å²) in [5.41, 5.74) is 2.05. The van der Waals surface area contributed by atoms with Crippen molar-refractivity contribution < 1.29 is 13.9 Å². The summed E-state index contributed by atoms with van der Waals surface area (Å²) in [7, 11) is 0. The number of phenolic OH excluding ortho intramolecular Hbond substituents is 1. The molecule has 1 aliphatic heterocycles. The average Bonchev–Trinajstić information content (AvgIpc) is 2.62. The standard InChI is InChI=1S/C21H25F2N3O/c1-13(24)16-12-17(22)20(27)18(23)19(16)25-14-4-6-15(7-5-14)26-10-8-21(2,3)9-11-26/h4-7,12,24-25,27H,8-11H2,1-3H3. The lowest BCUT2D eigenvalue weighted by Gasteiger charge is -2.38. The molecule has 0 amide bonds. The SMILES string of the molecule is CC(=N)c1cc(F)c(O)c(F)c1Nc1ccc(N2CCC(C)(C)CC2)cc1. The molecule has 144 valence electrons. The van der Waals surface area contributed by atoms with Gasteiger partial charge in [0.25, 0.3) is 0 Å². The first-order chi connectivity index (χ1) is 12.7. The number of phenols is 1. The number of rotatable bonds is 4. The van der Waals surface area contributed by atoms with Gasteiger partial charge in [-0.3, -0.25) is 0 Å². The summed E-state index contributed by atoms with van der Waals surface area (Å²) in [6.07, 6.45) is 2.27. The Morgan fingerprint density at radius 1 is 1.15 bits per heavy atom. The van der Waals surface area contributed by atoms with E-state index in [1.807, 2.05) is 24.3 Å². The molecule has 3 N–H and O–H groups in total. The van der Waals surface area contributed by atoms with Crippen molar-refractivity contribution in [1.82, 2.24) is 0 Å². The molecule has 1 saturated heterocycles. The Bertz CT molecular complexity index is 853. The van der Waals surface area contributed by atoms with E-state index >= 15 is 0 Å². The van der Waals surface area contributed by atoms with Crippen molar-refractivity contribution in [2.24, 2.45) is 5.41 Å². The van der Waals surface area contributed by atoms with Crippen molar-refractivity contribution in [2.45, 2.75) is 33.6 Å². The number of nitrogens with zero attached hydrogens (tertiary/aromatic N) is 1. The maximum absolute atomic E-state index is 14.4. The summed E-state index contributed by atoms with van der Waals surface area (Å²) in [5, 5.41) is 20.2. The minimum absolute atomic E-state index is 0.00264. The smallest absolute Gasteiger partial charge is 0.191 e. The summed E-state index contributed by atoms with van der Waals surface area (Å²) in [5.74, 6) is -3.22. The van der Waals surface area contributed by atoms with Crippen molar-refractivity contribution >= 4 is 22.8 Å². The van der Waals surface area contributed by atoms with Crippen LogP contribution in [0.15, 0.2) is 30.3 Å². The zero-order chi connectivity index (χ0) is 19.8. The average molecular weight is 373 g/mol. The molecule has 0 saturated carbocycles. The Labute approximate surface area is 158 Å². The normalized spacial score (nSPS) is 16.3. The van der Waals surface area contributed by atoms with Crippen LogP contribution in [0.2, 0.25) is 0 Å². The molecule has 27 heavy (non-hydrogen) atoms. The Balaban J connectivity index is 1.82. The number of nitrogens with one attached hydrogen (secondary N) is 2. The molecular formula is C21H25F2N3O. The molecular weight excluding hydrogens is 348 g/mol. The highest BCUT2D eigenvalue weighted by Crippen LogP contribution is 2.35. The van der Waals surface area contributed by atoms with Gasteiger partial charge in [-0.2, -0.15) is 0 Å². The van der Waals surface area contributed by atoms with E-state index in [1.54, 1.807) is 0 Å². The molecule has 0 aromatic heterocycles. The van der Waals surface area contributed by atoms with Crippen LogP contribution in [-0.4, -0.2) is 23.9 Å². The van der Waals surface area contributed by atoms with Gasteiger partial charge in [-0.1, -0.05) is 13.8 Å². The predicted molar refractivity (Wildman–Crippen MR) is 105 cm³/mol. The zero-order valence-electron chi connectivity index (χ0n) is 15.9. The molecule has 1 fully saturated rings. The number of hydrogen-bond acceptors (Lipinski definition) is 4. The molecule has 0 unspecified atom stereocenters. The van der Waals surface area contributed by atoms with Crippen LogP contribution >= 0.6 is 0 Å². The molecule has 1 aliphatic rings. The highest BCUT2D eigenvalue weighted by Gasteiger charge is 2.25. The molecule has 3 rings (SSSR count). The number of benzene rings is 2. The lowest BCUT2D eigenvalue weighted by molar-refractivity contribution is 0.280. The predicted octanol–water partition coefficient (Wildman–Crippen LogP) is 5.43. The van der Waals surface area contributed by atoms with E-state index < -0.39 is 17.4 Å². The van der Waals surface area contributed by atoms with E-state index in [0.717, 1.165) is 37.7 Å². The van der Waals surface area contributed by atoms with E-state index in [0.29, 0.717) is 11.1 Å². The van der Waals surface area contributed by atoms with Crippen LogP contribution in [0, 0.1) is 22.5 Å². The minimum Gasteiger partial charge on any atom is -0.503 e. The first-order valence-electron chi connectivity index (χ1n) is 9.06. The molecule has 2 aromatic rings. The Hall–Kier alpha value is -2.63. The molecule has 0 spiro atoms. The van der Waals surface area contributed by atoms with Crippen molar-refractivity contribution in [1.29, 1.82) is 5.41 Å². The third-order valence-corrected chi connectivity index (χ3v) is 5.22. The summed E-state index contributed by atoms with van der Waals surface area (Å²) < 4.78 is 28.0. The van der Waals surface area contributed by atoms with Gasteiger partial charge in [0, 0.05) is 35.7 Å². The van der Waals surface area contributed by atoms with Crippen molar-refractivity contribution in [3.63, 3.8) is 0 Å². The summed E-state index contributed by atoms with van der Waals surface area (Å²) in [4.78, 5) is 2.33. The van der Waals surface area contributed by atoms with E-state index in [9.17, 15) is 13.9 Å². The van der Waals surface area contributed by atoms with Gasteiger partial charge in [0.15, 0.2) is 17.4 Å². The second kappa shape index (κ2) is 7.18. The molecule has 0 atom stereocenters. The van der Waals surface area contributed by atoms with E-state index in [-0.39, 0.29) is 17.0 Å². The molecule has 0 radical (unpaired) electrons. The largest absolute Gasteiger partial charge is 0.503 e. The summed E-state index contributed by atoms with van der Waals surface area (Å²) in [6.45, 7) is 8.01. The van der Waals surface area contributed by atoms with Gasteiger partial charge in [0.2, 0.25) is 0 Å². The Kier molecular flexibility index (Phi) is 5.09. The van der Waals surface area contributed by atoms with Gasteiger partial charge >= 0.3 is 0 Å². The van der Waals surface area contributed by atoms with Crippen LogP contribution in [0.25, 0.3) is 0 Å². The fourth-order valence-corrected chi connectivity index (χ4v) is 3.30. The third-order valence-electron chi connectivity index (χ3n) is 5.22. The second-order valence-electron chi connectivity index (χ2n) is 7.89. The van der Waals surface area contributed by atoms with Gasteiger partial charge < -0.3 is 20.7 Å². The summed E-state index contributed by atoms with van der Waals surface area (Å²) in [6, 6.07) is 8.51. The highest BCUT2D eigenvalue weighted by molar-refractivity contribution is 6.02. The highest BCUT2D eigenvalue weighted by atomic mass is 19.1. The van der Waals surface area contributed by atoms with Crippen LogP contribution in [0.1, 0.15) is 39.2 Å². The number of halogens is 2. The Morgan fingerprint density at radius 2 is 1.74 bits per heavy atom. The maximum atomic E-state index is 14.4. The molecule has 2 aromatic carbocycles. The number of anilines is 3. The van der Waals surface area contributed by atoms with E-state index in [2.05, 4.69) is 24.1 Å². The quantitative estimate of drug-likeness (QED) is 0.627. The lowest BCUT2D eigenvalue weighted by atomic mass is 9.82. The number of hydrogen-bond donors (Lipinski definition) is 3. The van der Waals surface area contributed by atoms with Gasteiger partial charge in [0.05, 0.1) is 5.69 Å². The van der Waals surface area contributed by atoms with Crippen LogP contribution in [-0.2, 0) is 0 Å². The summed E-state index contributed by atoms with van der Waals surface area (Å²) >= 11 is 0. The first kappa shape index (κ1) is 19.1. The van der Waals surface area contributed by atoms with Crippen LogP contribution in [0.4, 0.5) is 25.8 Å². The Morgan fingerprint density at radius 3 is 2.30 bits per heavy atom. The van der Waals surface area contributed by atoms with Gasteiger partial charge in [-0.25, -0.2) is 8.78 Å². The first-order valence-corrected chi connectivity index (χ1v) is 9.06. The zero-order valence-corrected chi connectivity index (χ0v) is 15.9. The fraction of sp³-hybridized carbons (Fsp3) is 0.381. The monoisotopic (exact) mass is 373 g/mol. The third kappa shape index (κ3) is 4.04. The van der Waals surface area contributed by atoms with E-state index in [1.165, 1.54) is 6.92 Å². The molecule has 1 heterocycles. The van der Waals surface area contributed by atoms with Crippen molar-refractivity contribution in [3.8, 4) is 5.75 Å². The van der Waals surface area contributed by atoms with Gasteiger partial charge in [-0.05, 0) is 55.5 Å². The maximum Gasteiger partial charge on any atom is 0.191 e. The van der Waals surface area contributed by atoms with Crippen molar-refractivity contribution in [3.05, 3.63) is 47.5 Å². The number of aromatic hydroxyl groups is 1.